The third-order valence-electron chi connectivity index (χ3n) is 3.49. The van der Waals surface area contributed by atoms with Crippen molar-refractivity contribution in [3.05, 3.63) is 65.7 Å². The maximum absolute atomic E-state index is 6.19. The molecule has 1 aliphatic rings. The molecule has 0 aliphatic carbocycles. The number of fused-ring (bicyclic) bond motifs is 2. The van der Waals surface area contributed by atoms with Crippen molar-refractivity contribution in [1.82, 2.24) is 0 Å². The fourth-order valence-electron chi connectivity index (χ4n) is 2.37. The minimum Gasteiger partial charge on any atom is -0.449 e. The summed E-state index contributed by atoms with van der Waals surface area (Å²) in [7, 11) is 0. The average Bonchev–Trinajstić information content (AvgIpc) is 2.56. The largest absolute Gasteiger partial charge is 0.449 e. The van der Waals surface area contributed by atoms with Crippen LogP contribution in [0.2, 0.25) is 5.02 Å². The van der Waals surface area contributed by atoms with E-state index in [1.54, 1.807) is 0 Å². The van der Waals surface area contributed by atoms with Crippen LogP contribution in [0.25, 0.3) is 0 Å². The number of rotatable bonds is 2. The third-order valence-corrected chi connectivity index (χ3v) is 4.19. The summed E-state index contributed by atoms with van der Waals surface area (Å²) in [6.07, 6.45) is 0. The van der Waals surface area contributed by atoms with Gasteiger partial charge in [-0.05, 0) is 24.3 Å². The highest BCUT2D eigenvalue weighted by Crippen LogP contribution is 2.48. The second kappa shape index (κ2) is 5.72. The summed E-state index contributed by atoms with van der Waals surface area (Å²) in [6.45, 7) is 0. The van der Waals surface area contributed by atoms with Crippen LogP contribution in [-0.2, 0) is 0 Å². The normalized spacial score (nSPS) is 11.7. The lowest BCUT2D eigenvalue weighted by Crippen LogP contribution is -2.00. The number of anilines is 2. The fraction of sp³-hybridized carbons (Fsp3) is 0. The van der Waals surface area contributed by atoms with Crippen LogP contribution < -0.4 is 14.8 Å². The van der Waals surface area contributed by atoms with E-state index >= 15 is 0 Å². The van der Waals surface area contributed by atoms with Crippen LogP contribution in [0.3, 0.4) is 0 Å². The molecule has 0 radical (unpaired) electrons. The van der Waals surface area contributed by atoms with E-state index in [0.717, 1.165) is 16.3 Å². The fourth-order valence-corrected chi connectivity index (χ4v) is 2.79. The van der Waals surface area contributed by atoms with Crippen molar-refractivity contribution in [2.45, 2.75) is 4.90 Å². The Bertz CT molecular complexity index is 898. The summed E-state index contributed by atoms with van der Waals surface area (Å²) in [6, 6.07) is 18.8. The number of thiol groups is 1. The monoisotopic (exact) mass is 341 g/mol. The van der Waals surface area contributed by atoms with Gasteiger partial charge in [-0.3, -0.25) is 0 Å². The minimum atomic E-state index is 0.635. The third kappa shape index (κ3) is 2.71. The highest BCUT2D eigenvalue weighted by Gasteiger charge is 2.20. The Kier molecular flexibility index (Phi) is 3.56. The summed E-state index contributed by atoms with van der Waals surface area (Å²) in [5.41, 5.74) is 1.60. The molecule has 3 aromatic rings. The Morgan fingerprint density at radius 1 is 0.739 bits per heavy atom. The van der Waals surface area contributed by atoms with E-state index in [9.17, 15) is 0 Å². The predicted molar refractivity (Wildman–Crippen MR) is 95.0 cm³/mol. The molecule has 0 saturated heterocycles. The predicted octanol–water partition coefficient (Wildman–Crippen LogP) is 6.27. The lowest BCUT2D eigenvalue weighted by Gasteiger charge is -2.22. The molecule has 0 aromatic heterocycles. The van der Waals surface area contributed by atoms with E-state index in [-0.39, 0.29) is 0 Å². The van der Waals surface area contributed by atoms with Crippen molar-refractivity contribution in [3.8, 4) is 23.0 Å². The number of benzene rings is 3. The van der Waals surface area contributed by atoms with Crippen molar-refractivity contribution < 1.29 is 9.47 Å². The second-order valence-corrected chi connectivity index (χ2v) is 5.96. The molecule has 114 valence electrons. The lowest BCUT2D eigenvalue weighted by molar-refractivity contribution is 0.359. The molecule has 3 nitrogen and oxygen atoms in total. The molecule has 0 amide bonds. The van der Waals surface area contributed by atoms with Crippen molar-refractivity contribution in [3.63, 3.8) is 0 Å². The van der Waals surface area contributed by atoms with Gasteiger partial charge in [0.05, 0.1) is 16.4 Å². The number of hydrogen-bond donors (Lipinski definition) is 2. The minimum absolute atomic E-state index is 0.635. The molecule has 0 bridgehead atoms. The molecular formula is C18H12ClNO2S. The van der Waals surface area contributed by atoms with Crippen molar-refractivity contribution in [2.75, 3.05) is 5.32 Å². The van der Waals surface area contributed by atoms with Gasteiger partial charge in [-0.1, -0.05) is 35.9 Å². The number of nitrogens with one attached hydrogen (secondary N) is 1. The summed E-state index contributed by atoms with van der Waals surface area (Å²) >= 11 is 10.7. The van der Waals surface area contributed by atoms with Crippen molar-refractivity contribution in [1.29, 1.82) is 0 Å². The molecular weight excluding hydrogens is 330 g/mol. The van der Waals surface area contributed by atoms with Crippen molar-refractivity contribution in [2.24, 2.45) is 0 Å². The highest BCUT2D eigenvalue weighted by atomic mass is 35.5. The average molecular weight is 342 g/mol. The van der Waals surface area contributed by atoms with E-state index in [4.69, 9.17) is 21.1 Å². The van der Waals surface area contributed by atoms with Gasteiger partial charge in [0.1, 0.15) is 0 Å². The van der Waals surface area contributed by atoms with Gasteiger partial charge in [0.25, 0.3) is 0 Å². The topological polar surface area (TPSA) is 30.5 Å². The van der Waals surface area contributed by atoms with Crippen LogP contribution in [0.15, 0.2) is 65.6 Å². The van der Waals surface area contributed by atoms with Gasteiger partial charge in [0.2, 0.25) is 0 Å². The smallest absolute Gasteiger partial charge is 0.172 e. The van der Waals surface area contributed by atoms with Crippen LogP contribution in [0, 0.1) is 0 Å². The van der Waals surface area contributed by atoms with Gasteiger partial charge in [-0.15, -0.1) is 12.6 Å². The summed E-state index contributed by atoms with van der Waals surface area (Å²) in [4.78, 5) is 0.742. The van der Waals surface area contributed by atoms with Gasteiger partial charge >= 0.3 is 0 Å². The molecule has 23 heavy (non-hydrogen) atoms. The number of ether oxygens (including phenoxy) is 2. The van der Waals surface area contributed by atoms with E-state index in [2.05, 4.69) is 17.9 Å². The maximum atomic E-state index is 6.19. The summed E-state index contributed by atoms with van der Waals surface area (Å²) in [5, 5.41) is 3.91. The molecule has 0 atom stereocenters. The first-order chi connectivity index (χ1) is 11.2. The molecule has 3 aromatic carbocycles. The van der Waals surface area contributed by atoms with Gasteiger partial charge < -0.3 is 14.8 Å². The SMILES string of the molecule is Sc1cc2c(cc1Nc1ccccc1Cl)Oc1ccccc1O2. The molecule has 0 saturated carbocycles. The first kappa shape index (κ1) is 14.3. The van der Waals surface area contributed by atoms with Gasteiger partial charge in [-0.2, -0.15) is 0 Å². The Hall–Kier alpha value is -2.30. The van der Waals surface area contributed by atoms with Crippen LogP contribution >= 0.6 is 24.2 Å². The number of para-hydroxylation sites is 3. The van der Waals surface area contributed by atoms with Gasteiger partial charge in [0.15, 0.2) is 23.0 Å². The standard InChI is InChI=1S/C18H12ClNO2S/c19-11-5-1-2-6-12(11)20-13-9-16-17(10-18(13)23)22-15-8-4-3-7-14(15)21-16/h1-10,20,23H. The Balaban J connectivity index is 1.71. The quantitative estimate of drug-likeness (QED) is 0.421. The second-order valence-electron chi connectivity index (χ2n) is 5.07. The zero-order valence-corrected chi connectivity index (χ0v) is 13.6. The first-order valence-electron chi connectivity index (χ1n) is 7.04. The molecule has 0 fully saturated rings. The number of hydrogen-bond acceptors (Lipinski definition) is 4. The van der Waals surface area contributed by atoms with Crippen molar-refractivity contribution >= 4 is 35.6 Å². The zero-order valence-electron chi connectivity index (χ0n) is 11.9. The number of halogens is 1. The molecule has 5 heteroatoms. The summed E-state index contributed by atoms with van der Waals surface area (Å²) < 4.78 is 11.8. The van der Waals surface area contributed by atoms with E-state index in [1.807, 2.05) is 60.7 Å². The van der Waals surface area contributed by atoms with Gasteiger partial charge in [0, 0.05) is 17.0 Å². The molecule has 4 rings (SSSR count). The van der Waals surface area contributed by atoms with E-state index < -0.39 is 0 Å². The summed E-state index contributed by atoms with van der Waals surface area (Å²) in [5.74, 6) is 2.66. The lowest BCUT2D eigenvalue weighted by atomic mass is 10.2. The Labute approximate surface area is 144 Å². The van der Waals surface area contributed by atoms with Gasteiger partial charge in [-0.25, -0.2) is 0 Å². The Morgan fingerprint density at radius 2 is 1.35 bits per heavy atom. The van der Waals surface area contributed by atoms with E-state index in [1.165, 1.54) is 0 Å². The molecule has 1 aliphatic heterocycles. The first-order valence-corrected chi connectivity index (χ1v) is 7.86. The molecule has 0 unspecified atom stereocenters. The van der Waals surface area contributed by atoms with Crippen LogP contribution in [-0.4, -0.2) is 0 Å². The van der Waals surface area contributed by atoms with E-state index in [0.29, 0.717) is 28.0 Å². The molecule has 1 N–H and O–H groups in total. The Morgan fingerprint density at radius 3 is 2.04 bits per heavy atom. The van der Waals surface area contributed by atoms with Crippen LogP contribution in [0.5, 0.6) is 23.0 Å². The van der Waals surface area contributed by atoms with Crippen LogP contribution in [0.1, 0.15) is 0 Å². The highest BCUT2D eigenvalue weighted by molar-refractivity contribution is 7.80. The zero-order chi connectivity index (χ0) is 15.8. The maximum Gasteiger partial charge on any atom is 0.172 e. The molecule has 0 spiro atoms. The molecule has 1 heterocycles. The van der Waals surface area contributed by atoms with Crippen LogP contribution in [0.4, 0.5) is 11.4 Å².